The second kappa shape index (κ2) is 8.52. The van der Waals surface area contributed by atoms with Gasteiger partial charge in [-0.2, -0.15) is 0 Å². The molecule has 2 aromatic carbocycles. The number of urea groups is 1. The molecule has 0 spiro atoms. The molecule has 1 aliphatic carbocycles. The highest BCUT2D eigenvalue weighted by Crippen LogP contribution is 2.18. The molecule has 3 amide bonds. The van der Waals surface area contributed by atoms with Gasteiger partial charge in [-0.3, -0.25) is 4.79 Å². The van der Waals surface area contributed by atoms with Crippen LogP contribution in [0, 0.1) is 6.92 Å². The lowest BCUT2D eigenvalue weighted by Crippen LogP contribution is -2.36. The second-order valence-corrected chi connectivity index (χ2v) is 6.78. The van der Waals surface area contributed by atoms with E-state index in [4.69, 9.17) is 0 Å². The van der Waals surface area contributed by atoms with E-state index in [0.29, 0.717) is 11.3 Å². The summed E-state index contributed by atoms with van der Waals surface area (Å²) in [6.45, 7) is 1.94. The van der Waals surface area contributed by atoms with E-state index >= 15 is 0 Å². The molecule has 0 aromatic heterocycles. The zero-order chi connectivity index (χ0) is 18.4. The molecule has 5 nitrogen and oxygen atoms in total. The summed E-state index contributed by atoms with van der Waals surface area (Å²) in [5.41, 5.74) is 3.02. The van der Waals surface area contributed by atoms with Crippen LogP contribution in [-0.2, 0) is 0 Å². The van der Waals surface area contributed by atoms with E-state index in [9.17, 15) is 9.59 Å². The zero-order valence-electron chi connectivity index (χ0n) is 15.0. The SMILES string of the molecule is Cc1ccccc1NC(=O)Nc1ccc(C(=O)NC2CCCCC2)cc1. The Bertz CT molecular complexity index is 765. The van der Waals surface area contributed by atoms with Gasteiger partial charge in [-0.05, 0) is 55.7 Å². The molecule has 1 saturated carbocycles. The van der Waals surface area contributed by atoms with Gasteiger partial charge in [-0.25, -0.2) is 4.79 Å². The summed E-state index contributed by atoms with van der Waals surface area (Å²) in [7, 11) is 0. The lowest BCUT2D eigenvalue weighted by molar-refractivity contribution is 0.0927. The molecule has 5 heteroatoms. The van der Waals surface area contributed by atoms with Crippen LogP contribution in [0.15, 0.2) is 48.5 Å². The van der Waals surface area contributed by atoms with Crippen molar-refractivity contribution in [2.75, 3.05) is 10.6 Å². The van der Waals surface area contributed by atoms with E-state index in [2.05, 4.69) is 16.0 Å². The molecule has 2 aromatic rings. The van der Waals surface area contributed by atoms with E-state index in [1.54, 1.807) is 24.3 Å². The maximum absolute atomic E-state index is 12.3. The summed E-state index contributed by atoms with van der Waals surface area (Å²) in [5, 5.41) is 8.70. The largest absolute Gasteiger partial charge is 0.349 e. The third kappa shape index (κ3) is 4.85. The number of rotatable bonds is 4. The maximum Gasteiger partial charge on any atom is 0.323 e. The number of hydrogen-bond acceptors (Lipinski definition) is 2. The predicted octanol–water partition coefficient (Wildman–Crippen LogP) is 4.70. The van der Waals surface area contributed by atoms with E-state index in [0.717, 1.165) is 24.1 Å². The van der Waals surface area contributed by atoms with Crippen molar-refractivity contribution in [3.05, 3.63) is 59.7 Å². The van der Waals surface area contributed by atoms with Gasteiger partial charge in [0.25, 0.3) is 5.91 Å². The van der Waals surface area contributed by atoms with Crippen LogP contribution in [0.25, 0.3) is 0 Å². The molecule has 1 fully saturated rings. The van der Waals surface area contributed by atoms with Crippen LogP contribution in [0.4, 0.5) is 16.2 Å². The quantitative estimate of drug-likeness (QED) is 0.747. The maximum atomic E-state index is 12.3. The molecule has 0 radical (unpaired) electrons. The fourth-order valence-electron chi connectivity index (χ4n) is 3.22. The number of anilines is 2. The van der Waals surface area contributed by atoms with Gasteiger partial charge in [0, 0.05) is 23.0 Å². The molecular weight excluding hydrogens is 326 g/mol. The monoisotopic (exact) mass is 351 g/mol. The summed E-state index contributed by atoms with van der Waals surface area (Å²) >= 11 is 0. The number of nitrogens with one attached hydrogen (secondary N) is 3. The molecule has 0 unspecified atom stereocenters. The smallest absolute Gasteiger partial charge is 0.323 e. The molecule has 0 saturated heterocycles. The minimum Gasteiger partial charge on any atom is -0.349 e. The Hall–Kier alpha value is -2.82. The lowest BCUT2D eigenvalue weighted by atomic mass is 9.95. The summed E-state index contributed by atoms with van der Waals surface area (Å²) in [6, 6.07) is 14.5. The van der Waals surface area contributed by atoms with Crippen LogP contribution < -0.4 is 16.0 Å². The molecule has 3 rings (SSSR count). The van der Waals surface area contributed by atoms with Crippen molar-refractivity contribution >= 4 is 23.3 Å². The number of amides is 3. The summed E-state index contributed by atoms with van der Waals surface area (Å²) in [6.07, 6.45) is 5.75. The molecule has 3 N–H and O–H groups in total. The Kier molecular flexibility index (Phi) is 5.89. The Morgan fingerprint density at radius 3 is 2.27 bits per heavy atom. The van der Waals surface area contributed by atoms with Gasteiger partial charge >= 0.3 is 6.03 Å². The van der Waals surface area contributed by atoms with Crippen molar-refractivity contribution in [1.29, 1.82) is 0 Å². The van der Waals surface area contributed by atoms with Crippen LogP contribution in [0.1, 0.15) is 48.0 Å². The summed E-state index contributed by atoms with van der Waals surface area (Å²) < 4.78 is 0. The first-order valence-electron chi connectivity index (χ1n) is 9.16. The Labute approximate surface area is 154 Å². The van der Waals surface area contributed by atoms with Crippen LogP contribution in [0.2, 0.25) is 0 Å². The van der Waals surface area contributed by atoms with Crippen molar-refractivity contribution in [1.82, 2.24) is 5.32 Å². The van der Waals surface area contributed by atoms with Gasteiger partial charge in [0.15, 0.2) is 0 Å². The van der Waals surface area contributed by atoms with Crippen LogP contribution >= 0.6 is 0 Å². The number of carbonyl (C=O) groups excluding carboxylic acids is 2. The highest BCUT2D eigenvalue weighted by molar-refractivity contribution is 6.00. The third-order valence-corrected chi connectivity index (χ3v) is 4.74. The average Bonchev–Trinajstić information content (AvgIpc) is 2.65. The van der Waals surface area contributed by atoms with Crippen LogP contribution in [-0.4, -0.2) is 18.0 Å². The van der Waals surface area contributed by atoms with E-state index in [1.165, 1.54) is 19.3 Å². The normalized spacial score (nSPS) is 14.5. The fraction of sp³-hybridized carbons (Fsp3) is 0.333. The van der Waals surface area contributed by atoms with Crippen molar-refractivity contribution in [2.45, 2.75) is 45.1 Å². The molecule has 0 heterocycles. The fourth-order valence-corrected chi connectivity index (χ4v) is 3.22. The lowest BCUT2D eigenvalue weighted by Gasteiger charge is -2.22. The number of para-hydroxylation sites is 1. The molecule has 0 atom stereocenters. The molecule has 136 valence electrons. The summed E-state index contributed by atoms with van der Waals surface area (Å²) in [5.74, 6) is -0.0483. The van der Waals surface area contributed by atoms with Gasteiger partial charge < -0.3 is 16.0 Å². The first-order chi connectivity index (χ1) is 12.6. The van der Waals surface area contributed by atoms with Gasteiger partial charge in [0.2, 0.25) is 0 Å². The molecule has 1 aliphatic rings. The minimum absolute atomic E-state index is 0.0483. The van der Waals surface area contributed by atoms with Gasteiger partial charge in [-0.15, -0.1) is 0 Å². The van der Waals surface area contributed by atoms with E-state index in [1.807, 2.05) is 31.2 Å². The topological polar surface area (TPSA) is 70.2 Å². The Balaban J connectivity index is 1.54. The van der Waals surface area contributed by atoms with Crippen molar-refractivity contribution in [3.63, 3.8) is 0 Å². The van der Waals surface area contributed by atoms with Crippen molar-refractivity contribution < 1.29 is 9.59 Å². The van der Waals surface area contributed by atoms with Crippen molar-refractivity contribution in [2.24, 2.45) is 0 Å². The highest BCUT2D eigenvalue weighted by Gasteiger charge is 2.16. The Morgan fingerprint density at radius 1 is 0.885 bits per heavy atom. The van der Waals surface area contributed by atoms with Crippen LogP contribution in [0.3, 0.4) is 0 Å². The minimum atomic E-state index is -0.307. The van der Waals surface area contributed by atoms with Crippen LogP contribution in [0.5, 0.6) is 0 Å². The zero-order valence-corrected chi connectivity index (χ0v) is 15.0. The number of benzene rings is 2. The standard InChI is InChI=1S/C21H25N3O2/c1-15-7-5-6-10-19(15)24-21(26)23-18-13-11-16(12-14-18)20(25)22-17-8-3-2-4-9-17/h5-7,10-14,17H,2-4,8-9H2,1H3,(H,22,25)(H2,23,24,26). The first-order valence-corrected chi connectivity index (χ1v) is 9.16. The molecule has 0 aliphatic heterocycles. The summed E-state index contributed by atoms with van der Waals surface area (Å²) in [4.78, 5) is 24.4. The van der Waals surface area contributed by atoms with Gasteiger partial charge in [0.05, 0.1) is 0 Å². The number of hydrogen-bond donors (Lipinski definition) is 3. The van der Waals surface area contributed by atoms with Gasteiger partial charge in [0.1, 0.15) is 0 Å². The number of carbonyl (C=O) groups is 2. The Morgan fingerprint density at radius 2 is 1.58 bits per heavy atom. The van der Waals surface area contributed by atoms with E-state index < -0.39 is 0 Å². The van der Waals surface area contributed by atoms with Gasteiger partial charge in [-0.1, -0.05) is 37.5 Å². The molecular formula is C21H25N3O2. The number of aryl methyl sites for hydroxylation is 1. The second-order valence-electron chi connectivity index (χ2n) is 6.78. The molecule has 26 heavy (non-hydrogen) atoms. The van der Waals surface area contributed by atoms with Crippen molar-refractivity contribution in [3.8, 4) is 0 Å². The van der Waals surface area contributed by atoms with E-state index in [-0.39, 0.29) is 18.0 Å². The predicted molar refractivity (Wildman–Crippen MR) is 105 cm³/mol. The first kappa shape index (κ1) is 18.0. The third-order valence-electron chi connectivity index (χ3n) is 4.74. The highest BCUT2D eigenvalue weighted by atomic mass is 16.2. The average molecular weight is 351 g/mol. The molecule has 0 bridgehead atoms.